The second kappa shape index (κ2) is 5.19. The minimum atomic E-state index is -0.393. The van der Waals surface area contributed by atoms with Gasteiger partial charge in [-0.15, -0.1) is 0 Å². The van der Waals surface area contributed by atoms with Crippen molar-refractivity contribution >= 4 is 17.6 Å². The first-order chi connectivity index (χ1) is 10.2. The van der Waals surface area contributed by atoms with Gasteiger partial charge in [0.1, 0.15) is 12.4 Å². The first-order valence-electron chi connectivity index (χ1n) is 6.26. The van der Waals surface area contributed by atoms with E-state index in [1.807, 2.05) is 0 Å². The third-order valence-electron chi connectivity index (χ3n) is 3.08. The number of pyridine rings is 1. The van der Waals surface area contributed by atoms with E-state index in [0.29, 0.717) is 16.7 Å². The number of benzene rings is 1. The van der Waals surface area contributed by atoms with Gasteiger partial charge in [-0.05, 0) is 24.3 Å². The van der Waals surface area contributed by atoms with Crippen molar-refractivity contribution in [1.29, 1.82) is 0 Å². The Morgan fingerprint density at radius 1 is 1.10 bits per heavy atom. The van der Waals surface area contributed by atoms with Crippen LogP contribution in [0.25, 0.3) is 0 Å². The number of fused-ring (bicyclic) bond motifs is 1. The summed E-state index contributed by atoms with van der Waals surface area (Å²) in [5.41, 5.74) is 1.32. The molecule has 3 rings (SSSR count). The summed E-state index contributed by atoms with van der Waals surface area (Å²) in [5.74, 6) is 4.67. The van der Waals surface area contributed by atoms with Crippen LogP contribution in [-0.4, -0.2) is 28.5 Å². The summed E-state index contributed by atoms with van der Waals surface area (Å²) in [7, 11) is 0. The number of aliphatic hydroxyl groups is 1. The monoisotopic (exact) mass is 278 g/mol. The molecule has 0 unspecified atom stereocenters. The van der Waals surface area contributed by atoms with Crippen molar-refractivity contribution in [1.82, 2.24) is 4.98 Å². The summed E-state index contributed by atoms with van der Waals surface area (Å²) >= 11 is 0. The number of hydrogen-bond donors (Lipinski definition) is 1. The lowest BCUT2D eigenvalue weighted by Crippen LogP contribution is -2.30. The number of imide groups is 1. The Hall–Kier alpha value is -2.97. The maximum atomic E-state index is 12.3. The highest BCUT2D eigenvalue weighted by molar-refractivity contribution is 6.34. The molecule has 5 heteroatoms. The maximum absolute atomic E-state index is 12.3. The zero-order valence-electron chi connectivity index (χ0n) is 10.9. The van der Waals surface area contributed by atoms with E-state index < -0.39 is 11.8 Å². The Bertz CT molecular complexity index is 767. The fourth-order valence-electron chi connectivity index (χ4n) is 2.16. The van der Waals surface area contributed by atoms with Gasteiger partial charge in [-0.1, -0.05) is 24.0 Å². The van der Waals surface area contributed by atoms with Gasteiger partial charge in [0.15, 0.2) is 0 Å². The van der Waals surface area contributed by atoms with Crippen LogP contribution < -0.4 is 4.90 Å². The van der Waals surface area contributed by atoms with E-state index in [1.54, 1.807) is 36.4 Å². The smallest absolute Gasteiger partial charge is 0.267 e. The summed E-state index contributed by atoms with van der Waals surface area (Å²) in [6.45, 7) is -0.259. The lowest BCUT2D eigenvalue weighted by atomic mass is 10.1. The van der Waals surface area contributed by atoms with Crippen molar-refractivity contribution in [2.75, 3.05) is 11.5 Å². The van der Waals surface area contributed by atoms with Gasteiger partial charge >= 0.3 is 0 Å². The number of carbonyl (C=O) groups excluding carboxylic acids is 2. The lowest BCUT2D eigenvalue weighted by Gasteiger charge is -2.12. The molecule has 0 radical (unpaired) electrons. The summed E-state index contributed by atoms with van der Waals surface area (Å²) in [5, 5.41) is 8.70. The normalized spacial score (nSPS) is 12.9. The van der Waals surface area contributed by atoms with E-state index in [9.17, 15) is 9.59 Å². The second-order valence-corrected chi connectivity index (χ2v) is 4.35. The Kier molecular flexibility index (Phi) is 3.22. The topological polar surface area (TPSA) is 70.5 Å². The molecule has 21 heavy (non-hydrogen) atoms. The van der Waals surface area contributed by atoms with Crippen molar-refractivity contribution in [2.24, 2.45) is 0 Å². The molecule has 1 aromatic heterocycles. The first kappa shape index (κ1) is 13.0. The number of rotatable bonds is 1. The Labute approximate surface area is 120 Å². The highest BCUT2D eigenvalue weighted by Crippen LogP contribution is 2.27. The minimum absolute atomic E-state index is 0.228. The summed E-state index contributed by atoms with van der Waals surface area (Å²) in [6.07, 6.45) is 1.47. The van der Waals surface area contributed by atoms with Crippen molar-refractivity contribution < 1.29 is 14.7 Å². The predicted molar refractivity (Wildman–Crippen MR) is 75.8 cm³/mol. The van der Waals surface area contributed by atoms with Crippen LogP contribution in [0.4, 0.5) is 5.82 Å². The van der Waals surface area contributed by atoms with Gasteiger partial charge in [-0.3, -0.25) is 9.59 Å². The molecule has 2 aromatic rings. The number of aromatic nitrogens is 1. The summed E-state index contributed by atoms with van der Waals surface area (Å²) in [4.78, 5) is 29.7. The van der Waals surface area contributed by atoms with Crippen molar-refractivity contribution in [3.63, 3.8) is 0 Å². The van der Waals surface area contributed by atoms with Gasteiger partial charge in [0.25, 0.3) is 11.8 Å². The van der Waals surface area contributed by atoms with Crippen LogP contribution in [0.5, 0.6) is 0 Å². The van der Waals surface area contributed by atoms with Crippen LogP contribution in [0.3, 0.4) is 0 Å². The zero-order chi connectivity index (χ0) is 14.8. The van der Waals surface area contributed by atoms with Crippen LogP contribution >= 0.6 is 0 Å². The molecule has 0 aliphatic carbocycles. The van der Waals surface area contributed by atoms with E-state index in [0.717, 1.165) is 4.90 Å². The molecule has 0 fully saturated rings. The molecule has 1 aliphatic rings. The molecule has 0 saturated heterocycles. The van der Waals surface area contributed by atoms with Gasteiger partial charge < -0.3 is 5.11 Å². The number of aliphatic hydroxyl groups excluding tert-OH is 1. The molecule has 0 saturated carbocycles. The van der Waals surface area contributed by atoms with Crippen LogP contribution in [-0.2, 0) is 0 Å². The molecule has 2 amide bonds. The van der Waals surface area contributed by atoms with E-state index in [2.05, 4.69) is 16.8 Å². The van der Waals surface area contributed by atoms with E-state index in [4.69, 9.17) is 5.11 Å². The Balaban J connectivity index is 2.03. The third-order valence-corrected chi connectivity index (χ3v) is 3.08. The standard InChI is InChI=1S/C16H10N2O3/c19-9-3-4-11-7-8-17-14(10-11)18-15(20)12-5-1-2-6-13(12)16(18)21/h1-2,5-8,10,19H,9H2. The molecular weight excluding hydrogens is 268 g/mol. The Morgan fingerprint density at radius 3 is 2.38 bits per heavy atom. The fourth-order valence-corrected chi connectivity index (χ4v) is 2.16. The molecule has 1 aliphatic heterocycles. The van der Waals surface area contributed by atoms with E-state index in [-0.39, 0.29) is 12.4 Å². The lowest BCUT2D eigenvalue weighted by molar-refractivity contribution is 0.0925. The maximum Gasteiger partial charge on any atom is 0.267 e. The molecule has 0 spiro atoms. The second-order valence-electron chi connectivity index (χ2n) is 4.35. The average molecular weight is 278 g/mol. The van der Waals surface area contributed by atoms with Gasteiger partial charge in [0.2, 0.25) is 0 Å². The molecule has 1 N–H and O–H groups in total. The van der Waals surface area contributed by atoms with Crippen LogP contribution in [0.1, 0.15) is 26.3 Å². The summed E-state index contributed by atoms with van der Waals surface area (Å²) in [6, 6.07) is 9.85. The van der Waals surface area contributed by atoms with Crippen molar-refractivity contribution in [3.05, 3.63) is 59.3 Å². The summed E-state index contributed by atoms with van der Waals surface area (Å²) < 4.78 is 0. The highest BCUT2D eigenvalue weighted by Gasteiger charge is 2.36. The van der Waals surface area contributed by atoms with Crippen LogP contribution in [0, 0.1) is 11.8 Å². The molecule has 1 aromatic carbocycles. The molecule has 2 heterocycles. The van der Waals surface area contributed by atoms with Gasteiger partial charge in [-0.25, -0.2) is 9.88 Å². The largest absolute Gasteiger partial charge is 0.384 e. The zero-order valence-corrected chi connectivity index (χ0v) is 10.9. The van der Waals surface area contributed by atoms with Crippen molar-refractivity contribution in [2.45, 2.75) is 0 Å². The first-order valence-corrected chi connectivity index (χ1v) is 6.26. The SMILES string of the molecule is O=C1c2ccccc2C(=O)N1c1cc(C#CCO)ccn1. The van der Waals surface area contributed by atoms with E-state index >= 15 is 0 Å². The average Bonchev–Trinajstić information content (AvgIpc) is 2.78. The molecule has 5 nitrogen and oxygen atoms in total. The van der Waals surface area contributed by atoms with Crippen LogP contribution in [0.2, 0.25) is 0 Å². The van der Waals surface area contributed by atoms with E-state index in [1.165, 1.54) is 6.20 Å². The third kappa shape index (κ3) is 2.18. The highest BCUT2D eigenvalue weighted by atomic mass is 16.2. The predicted octanol–water partition coefficient (Wildman–Crippen LogP) is 1.23. The van der Waals surface area contributed by atoms with Crippen LogP contribution in [0.15, 0.2) is 42.6 Å². The van der Waals surface area contributed by atoms with Crippen molar-refractivity contribution in [3.8, 4) is 11.8 Å². The fraction of sp³-hybridized carbons (Fsp3) is 0.0625. The number of hydrogen-bond acceptors (Lipinski definition) is 4. The number of amides is 2. The van der Waals surface area contributed by atoms with Gasteiger partial charge in [0.05, 0.1) is 11.1 Å². The minimum Gasteiger partial charge on any atom is -0.384 e. The van der Waals surface area contributed by atoms with Gasteiger partial charge in [0, 0.05) is 11.8 Å². The molecule has 0 atom stereocenters. The number of anilines is 1. The quantitative estimate of drug-likeness (QED) is 0.629. The Morgan fingerprint density at radius 2 is 1.76 bits per heavy atom. The van der Waals surface area contributed by atoms with Gasteiger partial charge in [-0.2, -0.15) is 0 Å². The number of nitrogens with zero attached hydrogens (tertiary/aromatic N) is 2. The molecular formula is C16H10N2O3. The molecule has 102 valence electrons. The number of carbonyl (C=O) groups is 2. The molecule has 0 bridgehead atoms.